The van der Waals surface area contributed by atoms with Crippen LogP contribution in [-0.4, -0.2) is 36.8 Å². The number of unbranched alkanes of at least 4 members (excludes halogenated alkanes) is 1. The van der Waals surface area contributed by atoms with Crippen molar-refractivity contribution in [2.45, 2.75) is 33.2 Å². The maximum atomic E-state index is 8.75. The summed E-state index contributed by atoms with van der Waals surface area (Å²) >= 11 is 0. The molecule has 0 spiro atoms. The highest BCUT2D eigenvalue weighted by atomic mass is 16.5. The molecule has 1 N–H and O–H groups in total. The minimum absolute atomic E-state index is 0.288. The molecule has 3 nitrogen and oxygen atoms in total. The molecule has 102 valence electrons. The Kier molecular flexibility index (Phi) is 6.76. The van der Waals surface area contributed by atoms with Gasteiger partial charge >= 0.3 is 0 Å². The molecule has 0 radical (unpaired) electrons. The van der Waals surface area contributed by atoms with E-state index in [0.29, 0.717) is 6.61 Å². The zero-order valence-electron chi connectivity index (χ0n) is 11.8. The SMILES string of the molecule is CCOc1ccc(CN(C)CCCCO)cc1C. The first-order valence-corrected chi connectivity index (χ1v) is 6.69. The molecule has 0 bridgehead atoms. The Labute approximate surface area is 110 Å². The van der Waals surface area contributed by atoms with Gasteiger partial charge in [-0.1, -0.05) is 12.1 Å². The summed E-state index contributed by atoms with van der Waals surface area (Å²) in [6, 6.07) is 6.36. The normalized spacial score (nSPS) is 10.9. The zero-order valence-corrected chi connectivity index (χ0v) is 11.8. The van der Waals surface area contributed by atoms with Crippen molar-refractivity contribution in [3.63, 3.8) is 0 Å². The standard InChI is InChI=1S/C15H25NO2/c1-4-18-15-8-7-14(11-13(15)2)12-16(3)9-5-6-10-17/h7-8,11,17H,4-6,9-10,12H2,1-3H3. The Balaban J connectivity index is 2.49. The van der Waals surface area contributed by atoms with Gasteiger partial charge in [-0.15, -0.1) is 0 Å². The Morgan fingerprint density at radius 1 is 1.28 bits per heavy atom. The van der Waals surface area contributed by atoms with E-state index in [1.165, 1.54) is 11.1 Å². The highest BCUT2D eigenvalue weighted by Crippen LogP contribution is 2.19. The third kappa shape index (κ3) is 5.07. The van der Waals surface area contributed by atoms with E-state index in [4.69, 9.17) is 9.84 Å². The second kappa shape index (κ2) is 8.11. The summed E-state index contributed by atoms with van der Waals surface area (Å²) in [5.74, 6) is 0.976. The molecule has 1 rings (SSSR count). The van der Waals surface area contributed by atoms with Crippen molar-refractivity contribution in [2.75, 3.05) is 26.8 Å². The predicted octanol–water partition coefficient (Wildman–Crippen LogP) is 2.60. The molecular weight excluding hydrogens is 226 g/mol. The van der Waals surface area contributed by atoms with E-state index in [0.717, 1.165) is 31.7 Å². The molecule has 0 fully saturated rings. The third-order valence-corrected chi connectivity index (χ3v) is 2.94. The Morgan fingerprint density at radius 3 is 2.67 bits per heavy atom. The van der Waals surface area contributed by atoms with Crippen molar-refractivity contribution in [3.8, 4) is 5.75 Å². The van der Waals surface area contributed by atoms with Crippen LogP contribution in [0.3, 0.4) is 0 Å². The number of hydrogen-bond acceptors (Lipinski definition) is 3. The van der Waals surface area contributed by atoms with Crippen LogP contribution in [0.15, 0.2) is 18.2 Å². The van der Waals surface area contributed by atoms with Crippen LogP contribution in [0.1, 0.15) is 30.9 Å². The minimum atomic E-state index is 0.288. The van der Waals surface area contributed by atoms with Crippen LogP contribution in [-0.2, 0) is 6.54 Å². The Bertz CT molecular complexity index is 352. The predicted molar refractivity (Wildman–Crippen MR) is 75.0 cm³/mol. The molecule has 0 atom stereocenters. The lowest BCUT2D eigenvalue weighted by molar-refractivity contribution is 0.261. The molecule has 0 amide bonds. The molecule has 0 heterocycles. The summed E-state index contributed by atoms with van der Waals surface area (Å²) in [5, 5.41) is 8.75. The third-order valence-electron chi connectivity index (χ3n) is 2.94. The number of nitrogens with zero attached hydrogens (tertiary/aromatic N) is 1. The van der Waals surface area contributed by atoms with Gasteiger partial charge in [0.15, 0.2) is 0 Å². The molecule has 1 aromatic carbocycles. The smallest absolute Gasteiger partial charge is 0.122 e. The van der Waals surface area contributed by atoms with E-state index in [9.17, 15) is 0 Å². The van der Waals surface area contributed by atoms with Crippen molar-refractivity contribution in [1.82, 2.24) is 4.90 Å². The number of aliphatic hydroxyl groups excluding tert-OH is 1. The highest BCUT2D eigenvalue weighted by molar-refractivity contribution is 5.36. The fourth-order valence-electron chi connectivity index (χ4n) is 2.01. The van der Waals surface area contributed by atoms with Crippen molar-refractivity contribution in [1.29, 1.82) is 0 Å². The summed E-state index contributed by atoms with van der Waals surface area (Å²) in [5.41, 5.74) is 2.50. The van der Waals surface area contributed by atoms with E-state index in [1.807, 2.05) is 6.92 Å². The van der Waals surface area contributed by atoms with Gasteiger partial charge in [-0.25, -0.2) is 0 Å². The quantitative estimate of drug-likeness (QED) is 0.721. The first-order valence-electron chi connectivity index (χ1n) is 6.69. The maximum Gasteiger partial charge on any atom is 0.122 e. The second-order valence-electron chi connectivity index (χ2n) is 4.70. The zero-order chi connectivity index (χ0) is 13.4. The summed E-state index contributed by atoms with van der Waals surface area (Å²) in [7, 11) is 2.11. The van der Waals surface area contributed by atoms with Gasteiger partial charge < -0.3 is 14.7 Å². The fourth-order valence-corrected chi connectivity index (χ4v) is 2.01. The molecule has 3 heteroatoms. The first-order chi connectivity index (χ1) is 8.67. The molecule has 0 saturated carbocycles. The number of aryl methyl sites for hydroxylation is 1. The summed E-state index contributed by atoms with van der Waals surface area (Å²) in [6.07, 6.45) is 1.93. The monoisotopic (exact) mass is 251 g/mol. The fraction of sp³-hybridized carbons (Fsp3) is 0.600. The lowest BCUT2D eigenvalue weighted by Crippen LogP contribution is -2.19. The molecule has 0 aromatic heterocycles. The number of hydrogen-bond donors (Lipinski definition) is 1. The van der Waals surface area contributed by atoms with Crippen LogP contribution in [0.25, 0.3) is 0 Å². The molecular formula is C15H25NO2. The molecule has 0 aliphatic carbocycles. The van der Waals surface area contributed by atoms with Crippen LogP contribution >= 0.6 is 0 Å². The van der Waals surface area contributed by atoms with E-state index in [2.05, 4.69) is 37.1 Å². The molecule has 0 aliphatic heterocycles. The first kappa shape index (κ1) is 15.0. The summed E-state index contributed by atoms with van der Waals surface area (Å²) in [4.78, 5) is 2.28. The van der Waals surface area contributed by atoms with Gasteiger partial charge in [0.2, 0.25) is 0 Å². The second-order valence-corrected chi connectivity index (χ2v) is 4.70. The van der Waals surface area contributed by atoms with Gasteiger partial charge in [0.25, 0.3) is 0 Å². The topological polar surface area (TPSA) is 32.7 Å². The molecule has 0 aliphatic rings. The van der Waals surface area contributed by atoms with Crippen LogP contribution in [0.5, 0.6) is 5.75 Å². The number of rotatable bonds is 8. The minimum Gasteiger partial charge on any atom is -0.494 e. The average molecular weight is 251 g/mol. The average Bonchev–Trinajstić information content (AvgIpc) is 2.33. The lowest BCUT2D eigenvalue weighted by Gasteiger charge is -2.17. The van der Waals surface area contributed by atoms with Gasteiger partial charge in [-0.05, 0) is 57.5 Å². The number of ether oxygens (including phenoxy) is 1. The van der Waals surface area contributed by atoms with Crippen molar-refractivity contribution < 1.29 is 9.84 Å². The van der Waals surface area contributed by atoms with Crippen molar-refractivity contribution in [2.24, 2.45) is 0 Å². The summed E-state index contributed by atoms with van der Waals surface area (Å²) < 4.78 is 5.53. The lowest BCUT2D eigenvalue weighted by atomic mass is 10.1. The van der Waals surface area contributed by atoms with E-state index in [-0.39, 0.29) is 6.61 Å². The molecule has 18 heavy (non-hydrogen) atoms. The Morgan fingerprint density at radius 2 is 2.06 bits per heavy atom. The van der Waals surface area contributed by atoms with Crippen LogP contribution in [0.4, 0.5) is 0 Å². The van der Waals surface area contributed by atoms with Gasteiger partial charge in [-0.3, -0.25) is 0 Å². The van der Waals surface area contributed by atoms with Gasteiger partial charge in [0.1, 0.15) is 5.75 Å². The Hall–Kier alpha value is -1.06. The van der Waals surface area contributed by atoms with Gasteiger partial charge in [0, 0.05) is 13.2 Å². The van der Waals surface area contributed by atoms with E-state index in [1.54, 1.807) is 0 Å². The largest absolute Gasteiger partial charge is 0.494 e. The summed E-state index contributed by atoms with van der Waals surface area (Å²) in [6.45, 7) is 7.05. The molecule has 0 saturated heterocycles. The molecule has 0 unspecified atom stereocenters. The number of aliphatic hydroxyl groups is 1. The van der Waals surface area contributed by atoms with E-state index < -0.39 is 0 Å². The number of benzene rings is 1. The van der Waals surface area contributed by atoms with Gasteiger partial charge in [-0.2, -0.15) is 0 Å². The van der Waals surface area contributed by atoms with Crippen molar-refractivity contribution >= 4 is 0 Å². The molecule has 1 aromatic rings. The van der Waals surface area contributed by atoms with E-state index >= 15 is 0 Å². The maximum absolute atomic E-state index is 8.75. The highest BCUT2D eigenvalue weighted by Gasteiger charge is 2.03. The van der Waals surface area contributed by atoms with Crippen LogP contribution in [0, 0.1) is 6.92 Å². The van der Waals surface area contributed by atoms with Gasteiger partial charge in [0.05, 0.1) is 6.61 Å². The van der Waals surface area contributed by atoms with Crippen LogP contribution < -0.4 is 4.74 Å². The van der Waals surface area contributed by atoms with Crippen molar-refractivity contribution in [3.05, 3.63) is 29.3 Å². The van der Waals surface area contributed by atoms with Crippen LogP contribution in [0.2, 0.25) is 0 Å².